The SMILES string of the molecule is Cc1cc(C)c(C2=C(O)[C@H]3[C@@H](C2=O)[C@@H]2CC(c4cnc5ccccc5n4)[C@H]3O2)c(C)c1. The summed E-state index contributed by atoms with van der Waals surface area (Å²) in [6, 6.07) is 12.0. The summed E-state index contributed by atoms with van der Waals surface area (Å²) in [4.78, 5) is 22.9. The van der Waals surface area contributed by atoms with Crippen molar-refractivity contribution in [3.05, 3.63) is 76.3 Å². The first kappa shape index (κ1) is 18.7. The maximum Gasteiger partial charge on any atom is 0.173 e. The molecule has 2 fully saturated rings. The highest BCUT2D eigenvalue weighted by Crippen LogP contribution is 2.58. The Morgan fingerprint density at radius 3 is 2.48 bits per heavy atom. The molecule has 6 rings (SSSR count). The van der Waals surface area contributed by atoms with Gasteiger partial charge in [0, 0.05) is 12.1 Å². The number of allylic oxidation sites excluding steroid dienone is 1. The molecule has 0 radical (unpaired) electrons. The van der Waals surface area contributed by atoms with E-state index in [-0.39, 0.29) is 41.5 Å². The molecule has 1 unspecified atom stereocenters. The van der Waals surface area contributed by atoms with Crippen molar-refractivity contribution in [1.29, 1.82) is 0 Å². The molecule has 0 saturated carbocycles. The highest BCUT2D eigenvalue weighted by molar-refractivity contribution is 6.26. The minimum Gasteiger partial charge on any atom is -0.511 e. The Morgan fingerprint density at radius 2 is 1.74 bits per heavy atom. The minimum atomic E-state index is -0.306. The van der Waals surface area contributed by atoms with Crippen molar-refractivity contribution in [2.24, 2.45) is 11.8 Å². The van der Waals surface area contributed by atoms with Gasteiger partial charge in [0.2, 0.25) is 0 Å². The van der Waals surface area contributed by atoms with Gasteiger partial charge in [0.1, 0.15) is 5.76 Å². The Balaban J connectivity index is 1.42. The largest absolute Gasteiger partial charge is 0.511 e. The second kappa shape index (κ2) is 6.47. The van der Waals surface area contributed by atoms with Crippen molar-refractivity contribution in [2.45, 2.75) is 45.3 Å². The number of para-hydroxylation sites is 2. The number of nitrogens with zero attached hydrogens (tertiary/aromatic N) is 2. The number of ether oxygens (including phenoxy) is 1. The average Bonchev–Trinajstić information content (AvgIpc) is 3.40. The molecule has 1 N–H and O–H groups in total. The normalized spacial score (nSPS) is 29.3. The minimum absolute atomic E-state index is 0.0214. The maximum absolute atomic E-state index is 13.5. The number of carbonyl (C=O) groups is 1. The highest BCUT2D eigenvalue weighted by atomic mass is 16.5. The molecule has 3 aliphatic rings. The van der Waals surface area contributed by atoms with E-state index in [4.69, 9.17) is 9.72 Å². The number of rotatable bonds is 2. The molecule has 2 saturated heterocycles. The Kier molecular flexibility index (Phi) is 3.90. The fourth-order valence-corrected chi connectivity index (χ4v) is 6.12. The Bertz CT molecular complexity index is 1270. The number of aliphatic hydroxyl groups excluding tert-OH is 1. The predicted octanol–water partition coefficient (Wildman–Crippen LogP) is 4.59. The van der Waals surface area contributed by atoms with Gasteiger partial charge < -0.3 is 9.84 Å². The van der Waals surface area contributed by atoms with E-state index in [1.165, 1.54) is 0 Å². The first-order valence-corrected chi connectivity index (χ1v) is 10.9. The monoisotopic (exact) mass is 412 g/mol. The predicted molar refractivity (Wildman–Crippen MR) is 118 cm³/mol. The van der Waals surface area contributed by atoms with E-state index in [2.05, 4.69) is 17.1 Å². The van der Waals surface area contributed by atoms with Crippen LogP contribution < -0.4 is 0 Å². The zero-order chi connectivity index (χ0) is 21.4. The molecule has 2 bridgehead atoms. The molecule has 1 aromatic heterocycles. The fourth-order valence-electron chi connectivity index (χ4n) is 6.12. The summed E-state index contributed by atoms with van der Waals surface area (Å²) in [7, 11) is 0. The number of aromatic nitrogens is 2. The van der Waals surface area contributed by atoms with E-state index in [0.29, 0.717) is 5.57 Å². The molecule has 31 heavy (non-hydrogen) atoms. The zero-order valence-electron chi connectivity index (χ0n) is 17.8. The van der Waals surface area contributed by atoms with E-state index in [9.17, 15) is 9.90 Å². The molecule has 0 amide bonds. The molecule has 5 heteroatoms. The van der Waals surface area contributed by atoms with E-state index >= 15 is 0 Å². The van der Waals surface area contributed by atoms with E-state index in [0.717, 1.165) is 45.4 Å². The summed E-state index contributed by atoms with van der Waals surface area (Å²) < 4.78 is 6.24. The summed E-state index contributed by atoms with van der Waals surface area (Å²) in [6.45, 7) is 6.07. The van der Waals surface area contributed by atoms with Crippen LogP contribution in [0.25, 0.3) is 16.6 Å². The van der Waals surface area contributed by atoms with Crippen LogP contribution in [0.3, 0.4) is 0 Å². The number of ketones is 1. The molecule has 3 heterocycles. The van der Waals surface area contributed by atoms with Gasteiger partial charge in [0.05, 0.1) is 46.3 Å². The molecule has 5 atom stereocenters. The van der Waals surface area contributed by atoms with Crippen LogP contribution in [-0.2, 0) is 9.53 Å². The van der Waals surface area contributed by atoms with E-state index in [1.54, 1.807) is 0 Å². The van der Waals surface area contributed by atoms with Crippen LogP contribution in [-0.4, -0.2) is 33.1 Å². The number of carbonyl (C=O) groups excluding carboxylic acids is 1. The lowest BCUT2D eigenvalue weighted by atomic mass is 9.73. The molecule has 1 aliphatic carbocycles. The standard InChI is InChI=1S/C26H24N2O3/c1-12-8-13(2)20(14(3)9-12)22-24(29)21-19-10-15(26(31-19)23(21)25(22)30)18-11-27-16-6-4-5-7-17(16)28-18/h4-9,11,15,19,21,23,26,30H,10H2,1-3H3/t15?,19-,21-,23+,26+/m0/s1. The molecule has 2 aliphatic heterocycles. The van der Waals surface area contributed by atoms with Crippen LogP contribution in [0.4, 0.5) is 0 Å². The van der Waals surface area contributed by atoms with Gasteiger partial charge in [-0.05, 0) is 56.0 Å². The lowest BCUT2D eigenvalue weighted by Crippen LogP contribution is -2.33. The topological polar surface area (TPSA) is 72.3 Å². The molecule has 2 aromatic carbocycles. The lowest BCUT2D eigenvalue weighted by Gasteiger charge is -2.27. The summed E-state index contributed by atoms with van der Waals surface area (Å²) in [5.74, 6) is -0.369. The average molecular weight is 412 g/mol. The van der Waals surface area contributed by atoms with Gasteiger partial charge in [-0.2, -0.15) is 0 Å². The van der Waals surface area contributed by atoms with Gasteiger partial charge in [-0.1, -0.05) is 29.8 Å². The Morgan fingerprint density at radius 1 is 1.03 bits per heavy atom. The van der Waals surface area contributed by atoms with Crippen LogP contribution in [0.2, 0.25) is 0 Å². The molecule has 0 spiro atoms. The summed E-state index contributed by atoms with van der Waals surface area (Å²) in [5, 5.41) is 11.3. The second-order valence-electron chi connectivity index (χ2n) is 9.21. The Hall–Kier alpha value is -3.05. The van der Waals surface area contributed by atoms with Gasteiger partial charge in [-0.15, -0.1) is 0 Å². The number of fused-ring (bicyclic) bond motifs is 6. The molecule has 5 nitrogen and oxygen atoms in total. The van der Waals surface area contributed by atoms with Gasteiger partial charge >= 0.3 is 0 Å². The molecular formula is C26H24N2O3. The lowest BCUT2D eigenvalue weighted by molar-refractivity contribution is -0.118. The van der Waals surface area contributed by atoms with Crippen molar-refractivity contribution in [1.82, 2.24) is 9.97 Å². The number of hydrogen-bond donors (Lipinski definition) is 1. The first-order valence-electron chi connectivity index (χ1n) is 10.9. The van der Waals surface area contributed by atoms with Gasteiger partial charge in [0.15, 0.2) is 5.78 Å². The van der Waals surface area contributed by atoms with E-state index < -0.39 is 0 Å². The van der Waals surface area contributed by atoms with Crippen LogP contribution in [0.1, 0.15) is 40.3 Å². The van der Waals surface area contributed by atoms with Crippen LogP contribution in [0.15, 0.2) is 48.4 Å². The van der Waals surface area contributed by atoms with E-state index in [1.807, 2.05) is 51.2 Å². The van der Waals surface area contributed by atoms with Crippen molar-refractivity contribution < 1.29 is 14.6 Å². The van der Waals surface area contributed by atoms with Crippen molar-refractivity contribution in [2.75, 3.05) is 0 Å². The molecular weight excluding hydrogens is 388 g/mol. The van der Waals surface area contributed by atoms with Gasteiger partial charge in [-0.25, -0.2) is 4.98 Å². The van der Waals surface area contributed by atoms with Crippen molar-refractivity contribution in [3.63, 3.8) is 0 Å². The maximum atomic E-state index is 13.5. The number of Topliss-reactive ketones (excluding diaryl/α,β-unsaturated/α-hetero) is 1. The van der Waals surface area contributed by atoms with Gasteiger partial charge in [0.25, 0.3) is 0 Å². The number of benzene rings is 2. The summed E-state index contributed by atoms with van der Waals surface area (Å²) in [6.07, 6.45) is 2.11. The second-order valence-corrected chi connectivity index (χ2v) is 9.21. The molecule has 3 aromatic rings. The smallest absolute Gasteiger partial charge is 0.173 e. The number of aliphatic hydroxyl groups is 1. The first-order chi connectivity index (χ1) is 14.9. The van der Waals surface area contributed by atoms with Crippen LogP contribution >= 0.6 is 0 Å². The third-order valence-electron chi connectivity index (χ3n) is 7.25. The third-order valence-corrected chi connectivity index (χ3v) is 7.25. The third kappa shape index (κ3) is 2.56. The van der Waals surface area contributed by atoms with Crippen LogP contribution in [0.5, 0.6) is 0 Å². The van der Waals surface area contributed by atoms with Crippen molar-refractivity contribution >= 4 is 22.4 Å². The number of aryl methyl sites for hydroxylation is 3. The van der Waals surface area contributed by atoms with Crippen LogP contribution in [0, 0.1) is 32.6 Å². The number of hydrogen-bond acceptors (Lipinski definition) is 5. The summed E-state index contributed by atoms with van der Waals surface area (Å²) >= 11 is 0. The Labute approximate surface area is 180 Å². The quantitative estimate of drug-likeness (QED) is 0.666. The highest BCUT2D eigenvalue weighted by Gasteiger charge is 2.63. The van der Waals surface area contributed by atoms with Crippen molar-refractivity contribution in [3.8, 4) is 0 Å². The zero-order valence-corrected chi connectivity index (χ0v) is 17.8. The fraction of sp³-hybridized carbons (Fsp3) is 0.346. The molecule has 156 valence electrons. The van der Waals surface area contributed by atoms with Gasteiger partial charge in [-0.3, -0.25) is 9.78 Å². The summed E-state index contributed by atoms with van der Waals surface area (Å²) in [5.41, 5.74) is 7.17.